The van der Waals surface area contributed by atoms with Gasteiger partial charge in [0.2, 0.25) is 0 Å². The number of aromatic amines is 1. The summed E-state index contributed by atoms with van der Waals surface area (Å²) in [4.78, 5) is 33.7. The zero-order valence-corrected chi connectivity index (χ0v) is 20.1. The number of amides is 2. The second-order valence-corrected chi connectivity index (χ2v) is 8.81. The molecule has 35 heavy (non-hydrogen) atoms. The second kappa shape index (κ2) is 9.61. The molecule has 1 saturated heterocycles. The van der Waals surface area contributed by atoms with Crippen molar-refractivity contribution in [3.8, 4) is 17.0 Å². The summed E-state index contributed by atoms with van der Waals surface area (Å²) in [6, 6.07) is 13.6. The Labute approximate surface area is 204 Å². The first-order chi connectivity index (χ1) is 17.0. The number of hydrogen-bond donors (Lipinski definition) is 2. The average molecular weight is 472 g/mol. The van der Waals surface area contributed by atoms with Crippen LogP contribution in [0.4, 0.5) is 10.6 Å². The van der Waals surface area contributed by atoms with Gasteiger partial charge in [0.05, 0.1) is 18.5 Å². The Morgan fingerprint density at radius 2 is 2.00 bits per heavy atom. The van der Waals surface area contributed by atoms with Gasteiger partial charge in [0.25, 0.3) is 0 Å². The maximum atomic E-state index is 13.1. The van der Waals surface area contributed by atoms with Crippen molar-refractivity contribution in [1.29, 1.82) is 0 Å². The van der Waals surface area contributed by atoms with Crippen LogP contribution in [0, 0.1) is 0 Å². The normalized spacial score (nSPS) is 16.8. The number of nitrogens with one attached hydrogen (secondary N) is 2. The van der Waals surface area contributed by atoms with Gasteiger partial charge in [-0.2, -0.15) is 0 Å². The number of nitrogens with zero attached hydrogens (tertiary/aromatic N) is 5. The number of ether oxygens (including phenoxy) is 1. The van der Waals surface area contributed by atoms with Gasteiger partial charge < -0.3 is 24.8 Å². The maximum absolute atomic E-state index is 13.1. The molecule has 2 amide bonds. The van der Waals surface area contributed by atoms with E-state index in [1.807, 2.05) is 48.2 Å². The Morgan fingerprint density at radius 3 is 2.77 bits per heavy atom. The Kier molecular flexibility index (Phi) is 6.22. The van der Waals surface area contributed by atoms with Crippen LogP contribution in [-0.4, -0.2) is 63.7 Å². The number of benzene rings is 1. The molecule has 0 aliphatic carbocycles. The minimum atomic E-state index is -0.129. The number of aromatic nitrogens is 4. The number of pyridine rings is 1. The fourth-order valence-corrected chi connectivity index (χ4v) is 4.58. The van der Waals surface area contributed by atoms with Crippen LogP contribution in [0.5, 0.6) is 5.75 Å². The molecule has 2 N–H and O–H groups in total. The van der Waals surface area contributed by atoms with Gasteiger partial charge in [0.1, 0.15) is 23.5 Å². The summed E-state index contributed by atoms with van der Waals surface area (Å²) < 4.78 is 5.31. The summed E-state index contributed by atoms with van der Waals surface area (Å²) in [7, 11) is 1.64. The molecule has 0 unspecified atom stereocenters. The zero-order valence-electron chi connectivity index (χ0n) is 20.1. The first-order valence-corrected chi connectivity index (χ1v) is 11.7. The molecule has 9 nitrogen and oxygen atoms in total. The minimum absolute atomic E-state index is 0.0184. The minimum Gasteiger partial charge on any atom is -0.497 e. The van der Waals surface area contributed by atoms with Gasteiger partial charge in [-0.25, -0.2) is 14.8 Å². The number of H-pyrrole nitrogens is 1. The van der Waals surface area contributed by atoms with E-state index < -0.39 is 0 Å². The lowest BCUT2D eigenvalue weighted by molar-refractivity contribution is 0.168. The molecule has 1 fully saturated rings. The molecule has 9 heteroatoms. The van der Waals surface area contributed by atoms with Crippen LogP contribution in [0.2, 0.25) is 0 Å². The highest BCUT2D eigenvalue weighted by Crippen LogP contribution is 2.30. The lowest BCUT2D eigenvalue weighted by atomic mass is 10.1. The van der Waals surface area contributed by atoms with Crippen LogP contribution in [0.15, 0.2) is 61.2 Å². The molecule has 1 aliphatic heterocycles. The van der Waals surface area contributed by atoms with Crippen molar-refractivity contribution in [2.75, 3.05) is 31.6 Å². The summed E-state index contributed by atoms with van der Waals surface area (Å²) in [5.74, 6) is 1.65. The number of piperazine rings is 1. The van der Waals surface area contributed by atoms with E-state index in [1.165, 1.54) is 0 Å². The van der Waals surface area contributed by atoms with Crippen LogP contribution in [0.25, 0.3) is 22.3 Å². The molecular weight excluding hydrogens is 442 g/mol. The highest BCUT2D eigenvalue weighted by Gasteiger charge is 2.30. The Morgan fingerprint density at radius 1 is 1.17 bits per heavy atom. The number of anilines is 1. The Hall–Kier alpha value is -4.14. The van der Waals surface area contributed by atoms with Crippen molar-refractivity contribution >= 4 is 22.9 Å². The summed E-state index contributed by atoms with van der Waals surface area (Å²) in [6.45, 7) is 6.03. The van der Waals surface area contributed by atoms with E-state index >= 15 is 0 Å². The third kappa shape index (κ3) is 4.62. The SMILES string of the molecule is COc1cccc([C@H](C)NC(=O)N2CCN(c3ncnc4[nH]c(-c5ccncc5)cc34)C[C@@H]2C)c1. The number of rotatable bonds is 5. The highest BCUT2D eigenvalue weighted by atomic mass is 16.5. The third-order valence-corrected chi connectivity index (χ3v) is 6.52. The first kappa shape index (κ1) is 22.6. The number of fused-ring (bicyclic) bond motifs is 1. The number of urea groups is 1. The van der Waals surface area contributed by atoms with Crippen molar-refractivity contribution in [3.05, 3.63) is 66.7 Å². The van der Waals surface area contributed by atoms with Gasteiger partial charge in [-0.3, -0.25) is 4.98 Å². The lowest BCUT2D eigenvalue weighted by Gasteiger charge is -2.40. The Balaban J connectivity index is 1.29. The zero-order chi connectivity index (χ0) is 24.4. The molecule has 180 valence electrons. The van der Waals surface area contributed by atoms with Crippen molar-refractivity contribution in [1.82, 2.24) is 30.2 Å². The summed E-state index contributed by atoms with van der Waals surface area (Å²) in [5.41, 5.74) is 3.82. The van der Waals surface area contributed by atoms with Crippen molar-refractivity contribution in [2.24, 2.45) is 0 Å². The molecular formula is C26H29N7O2. The summed E-state index contributed by atoms with van der Waals surface area (Å²) in [6.07, 6.45) is 5.13. The number of carbonyl (C=O) groups is 1. The van der Waals surface area contributed by atoms with Gasteiger partial charge in [-0.15, -0.1) is 0 Å². The van der Waals surface area contributed by atoms with Crippen LogP contribution < -0.4 is 15.0 Å². The molecule has 4 heterocycles. The van der Waals surface area contributed by atoms with Gasteiger partial charge >= 0.3 is 6.03 Å². The van der Waals surface area contributed by atoms with Gasteiger partial charge in [-0.05, 0) is 49.7 Å². The average Bonchev–Trinajstić information content (AvgIpc) is 3.33. The first-order valence-electron chi connectivity index (χ1n) is 11.7. The predicted molar refractivity (Wildman–Crippen MR) is 135 cm³/mol. The van der Waals surface area contributed by atoms with Crippen molar-refractivity contribution in [2.45, 2.75) is 25.9 Å². The number of methoxy groups -OCH3 is 1. The van der Waals surface area contributed by atoms with Gasteiger partial charge in [0, 0.05) is 49.3 Å². The van der Waals surface area contributed by atoms with Crippen LogP contribution in [0.1, 0.15) is 25.5 Å². The predicted octanol–water partition coefficient (Wildman–Crippen LogP) is 4.01. The highest BCUT2D eigenvalue weighted by molar-refractivity contribution is 5.92. The summed E-state index contributed by atoms with van der Waals surface area (Å²) >= 11 is 0. The molecule has 0 radical (unpaired) electrons. The monoisotopic (exact) mass is 471 g/mol. The van der Waals surface area contributed by atoms with E-state index in [1.54, 1.807) is 25.8 Å². The van der Waals surface area contributed by atoms with Crippen LogP contribution in [-0.2, 0) is 0 Å². The number of carbonyl (C=O) groups excluding carboxylic acids is 1. The second-order valence-electron chi connectivity index (χ2n) is 8.81. The van der Waals surface area contributed by atoms with E-state index in [0.717, 1.165) is 39.4 Å². The molecule has 0 bridgehead atoms. The molecule has 0 saturated carbocycles. The van der Waals surface area contributed by atoms with E-state index in [9.17, 15) is 4.79 Å². The topological polar surface area (TPSA) is 99.3 Å². The molecule has 1 aliphatic rings. The number of hydrogen-bond acceptors (Lipinski definition) is 6. The lowest BCUT2D eigenvalue weighted by Crippen LogP contribution is -2.57. The van der Waals surface area contributed by atoms with Crippen molar-refractivity contribution < 1.29 is 9.53 Å². The third-order valence-electron chi connectivity index (χ3n) is 6.52. The van der Waals surface area contributed by atoms with Crippen LogP contribution >= 0.6 is 0 Å². The van der Waals surface area contributed by atoms with Crippen molar-refractivity contribution in [3.63, 3.8) is 0 Å². The molecule has 3 aromatic heterocycles. The molecule has 2 atom stereocenters. The fourth-order valence-electron chi connectivity index (χ4n) is 4.58. The fraction of sp³-hybridized carbons (Fsp3) is 0.308. The summed E-state index contributed by atoms with van der Waals surface area (Å²) in [5, 5.41) is 4.10. The van der Waals surface area contributed by atoms with E-state index in [4.69, 9.17) is 4.74 Å². The molecule has 5 rings (SSSR count). The Bertz CT molecular complexity index is 1320. The maximum Gasteiger partial charge on any atom is 0.318 e. The van der Waals surface area contributed by atoms with E-state index in [2.05, 4.69) is 43.1 Å². The van der Waals surface area contributed by atoms with E-state index in [0.29, 0.717) is 19.6 Å². The molecule has 4 aromatic rings. The smallest absolute Gasteiger partial charge is 0.318 e. The van der Waals surface area contributed by atoms with Crippen LogP contribution in [0.3, 0.4) is 0 Å². The van der Waals surface area contributed by atoms with E-state index in [-0.39, 0.29) is 18.1 Å². The quantitative estimate of drug-likeness (QED) is 0.456. The van der Waals surface area contributed by atoms with Gasteiger partial charge in [-0.1, -0.05) is 12.1 Å². The molecule has 1 aromatic carbocycles. The van der Waals surface area contributed by atoms with Gasteiger partial charge in [0.15, 0.2) is 0 Å². The largest absolute Gasteiger partial charge is 0.497 e. The standard InChI is InChI=1S/C26H29N7O2/c1-17-15-32(11-12-33(17)26(34)30-18(2)20-5-4-6-21(13-20)35-3)25-22-14-23(19-7-9-27-10-8-19)31-24(22)28-16-29-25/h4-10,13-14,16-18H,11-12,15H2,1-3H3,(H,30,34)(H,28,29,31)/t17-,18-/m0/s1. The molecule has 0 spiro atoms.